The maximum absolute atomic E-state index is 11.0. The number of methoxy groups -OCH3 is 1. The highest BCUT2D eigenvalue weighted by Crippen LogP contribution is 2.11. The molecule has 0 bridgehead atoms. The van der Waals surface area contributed by atoms with Gasteiger partial charge in [-0.25, -0.2) is 0 Å². The van der Waals surface area contributed by atoms with E-state index in [0.717, 1.165) is 6.42 Å². The van der Waals surface area contributed by atoms with Crippen molar-refractivity contribution in [2.24, 2.45) is 11.8 Å². The predicted molar refractivity (Wildman–Crippen MR) is 64.5 cm³/mol. The van der Waals surface area contributed by atoms with Gasteiger partial charge in [0.25, 0.3) is 0 Å². The van der Waals surface area contributed by atoms with Crippen LogP contribution in [0.1, 0.15) is 33.6 Å². The first-order valence-corrected chi connectivity index (χ1v) is 5.96. The number of ether oxygens (including phenoxy) is 1. The van der Waals surface area contributed by atoms with Crippen molar-refractivity contribution >= 4 is 5.97 Å². The molecule has 4 heteroatoms. The van der Waals surface area contributed by atoms with Crippen LogP contribution < -0.4 is 5.32 Å². The van der Waals surface area contributed by atoms with E-state index >= 15 is 0 Å². The molecule has 0 spiro atoms. The van der Waals surface area contributed by atoms with E-state index in [0.29, 0.717) is 25.5 Å². The highest BCUT2D eigenvalue weighted by molar-refractivity contribution is 5.70. The molecule has 0 heterocycles. The fraction of sp³-hybridized carbons (Fsp3) is 0.917. The zero-order chi connectivity index (χ0) is 12.6. The third-order valence-corrected chi connectivity index (χ3v) is 2.62. The molecule has 0 aromatic carbocycles. The molecule has 2 unspecified atom stereocenters. The number of carboxylic acid groups (broad SMARTS) is 1. The van der Waals surface area contributed by atoms with E-state index in [1.54, 1.807) is 7.11 Å². The van der Waals surface area contributed by atoms with E-state index in [2.05, 4.69) is 12.2 Å². The molecule has 0 saturated heterocycles. The lowest BCUT2D eigenvalue weighted by atomic mass is 9.97. The SMILES string of the molecule is CCC(COC)NCC(CC(C)C)C(=O)O. The number of aliphatic carboxylic acids is 1. The lowest BCUT2D eigenvalue weighted by molar-refractivity contribution is -0.142. The molecule has 0 fully saturated rings. The highest BCUT2D eigenvalue weighted by atomic mass is 16.5. The summed E-state index contributed by atoms with van der Waals surface area (Å²) in [7, 11) is 1.66. The monoisotopic (exact) mass is 231 g/mol. The van der Waals surface area contributed by atoms with Gasteiger partial charge in [-0.2, -0.15) is 0 Å². The van der Waals surface area contributed by atoms with Crippen LogP contribution in [-0.2, 0) is 9.53 Å². The van der Waals surface area contributed by atoms with Gasteiger partial charge in [-0.15, -0.1) is 0 Å². The second-order valence-electron chi connectivity index (χ2n) is 4.63. The van der Waals surface area contributed by atoms with Crippen molar-refractivity contribution in [3.63, 3.8) is 0 Å². The Balaban J connectivity index is 4.04. The van der Waals surface area contributed by atoms with E-state index in [4.69, 9.17) is 9.84 Å². The number of carboxylic acids is 1. The molecule has 0 aliphatic carbocycles. The smallest absolute Gasteiger partial charge is 0.307 e. The van der Waals surface area contributed by atoms with E-state index in [-0.39, 0.29) is 12.0 Å². The summed E-state index contributed by atoms with van der Waals surface area (Å²) in [5, 5.41) is 12.3. The molecule has 0 aliphatic rings. The van der Waals surface area contributed by atoms with Gasteiger partial charge in [-0.1, -0.05) is 20.8 Å². The molecule has 0 aliphatic heterocycles. The molecule has 0 amide bonds. The van der Waals surface area contributed by atoms with Gasteiger partial charge in [0.05, 0.1) is 12.5 Å². The Morgan fingerprint density at radius 1 is 1.44 bits per heavy atom. The van der Waals surface area contributed by atoms with E-state index in [1.165, 1.54) is 0 Å². The first kappa shape index (κ1) is 15.4. The van der Waals surface area contributed by atoms with E-state index < -0.39 is 5.97 Å². The second kappa shape index (κ2) is 8.53. The molecule has 2 N–H and O–H groups in total. The van der Waals surface area contributed by atoms with Crippen LogP contribution in [0.25, 0.3) is 0 Å². The summed E-state index contributed by atoms with van der Waals surface area (Å²) < 4.78 is 5.06. The number of nitrogens with one attached hydrogen (secondary N) is 1. The molecule has 16 heavy (non-hydrogen) atoms. The van der Waals surface area contributed by atoms with Crippen molar-refractivity contribution in [3.05, 3.63) is 0 Å². The fourth-order valence-corrected chi connectivity index (χ4v) is 1.67. The molecule has 96 valence electrons. The molecule has 0 aromatic heterocycles. The summed E-state index contributed by atoms with van der Waals surface area (Å²) in [6.07, 6.45) is 1.66. The quantitative estimate of drug-likeness (QED) is 0.634. The van der Waals surface area contributed by atoms with Crippen LogP contribution in [0.5, 0.6) is 0 Å². The summed E-state index contributed by atoms with van der Waals surface area (Å²) in [5.41, 5.74) is 0. The van der Waals surface area contributed by atoms with Crippen LogP contribution in [-0.4, -0.2) is 37.4 Å². The highest BCUT2D eigenvalue weighted by Gasteiger charge is 2.19. The zero-order valence-corrected chi connectivity index (χ0v) is 10.8. The van der Waals surface area contributed by atoms with Crippen LogP contribution in [0.4, 0.5) is 0 Å². The standard InChI is InChI=1S/C12H25NO3/c1-5-11(8-16-4)13-7-10(12(14)15)6-9(2)3/h9-11,13H,5-8H2,1-4H3,(H,14,15). The van der Waals surface area contributed by atoms with Crippen LogP contribution in [0.3, 0.4) is 0 Å². The summed E-state index contributed by atoms with van der Waals surface area (Å²) in [6, 6.07) is 0.249. The largest absolute Gasteiger partial charge is 0.481 e. The maximum atomic E-state index is 11.0. The van der Waals surface area contributed by atoms with Crippen molar-refractivity contribution in [3.8, 4) is 0 Å². The first-order valence-electron chi connectivity index (χ1n) is 5.96. The van der Waals surface area contributed by atoms with E-state index in [9.17, 15) is 4.79 Å². The normalized spacial score (nSPS) is 15.1. The van der Waals surface area contributed by atoms with E-state index in [1.807, 2.05) is 13.8 Å². The predicted octanol–water partition coefficient (Wildman–Crippen LogP) is 1.75. The molecule has 2 atom stereocenters. The number of hydrogen-bond acceptors (Lipinski definition) is 3. The Bertz CT molecular complexity index is 195. The topological polar surface area (TPSA) is 58.6 Å². The van der Waals surface area contributed by atoms with Crippen molar-refractivity contribution in [2.75, 3.05) is 20.3 Å². The summed E-state index contributed by atoms with van der Waals surface area (Å²) in [6.45, 7) is 7.31. The number of rotatable bonds is 9. The molecule has 0 aromatic rings. The number of hydrogen-bond donors (Lipinski definition) is 2. The number of carbonyl (C=O) groups is 1. The van der Waals surface area contributed by atoms with Gasteiger partial charge in [0.1, 0.15) is 0 Å². The van der Waals surface area contributed by atoms with Gasteiger partial charge >= 0.3 is 5.97 Å². The molecule has 0 rings (SSSR count). The lowest BCUT2D eigenvalue weighted by Gasteiger charge is -2.20. The van der Waals surface area contributed by atoms with Crippen molar-refractivity contribution < 1.29 is 14.6 Å². The van der Waals surface area contributed by atoms with Gasteiger partial charge < -0.3 is 15.2 Å². The van der Waals surface area contributed by atoms with Crippen LogP contribution >= 0.6 is 0 Å². The Morgan fingerprint density at radius 3 is 2.44 bits per heavy atom. The Morgan fingerprint density at radius 2 is 2.06 bits per heavy atom. The molecule has 4 nitrogen and oxygen atoms in total. The van der Waals surface area contributed by atoms with Gasteiger partial charge in [-0.3, -0.25) is 4.79 Å². The third-order valence-electron chi connectivity index (χ3n) is 2.62. The maximum Gasteiger partial charge on any atom is 0.307 e. The zero-order valence-electron chi connectivity index (χ0n) is 10.8. The van der Waals surface area contributed by atoms with Crippen molar-refractivity contribution in [1.82, 2.24) is 5.32 Å². The minimum absolute atomic E-state index is 0.249. The van der Waals surface area contributed by atoms with Gasteiger partial charge in [0.15, 0.2) is 0 Å². The Labute approximate surface area is 98.4 Å². The van der Waals surface area contributed by atoms with Gasteiger partial charge in [0, 0.05) is 19.7 Å². The second-order valence-corrected chi connectivity index (χ2v) is 4.63. The summed E-state index contributed by atoms with van der Waals surface area (Å²) >= 11 is 0. The summed E-state index contributed by atoms with van der Waals surface area (Å²) in [5.74, 6) is -0.607. The lowest BCUT2D eigenvalue weighted by Crippen LogP contribution is -2.38. The first-order chi connectivity index (χ1) is 7.51. The minimum Gasteiger partial charge on any atom is -0.481 e. The van der Waals surface area contributed by atoms with Crippen molar-refractivity contribution in [1.29, 1.82) is 0 Å². The average molecular weight is 231 g/mol. The van der Waals surface area contributed by atoms with Crippen LogP contribution in [0.2, 0.25) is 0 Å². The van der Waals surface area contributed by atoms with Crippen LogP contribution in [0.15, 0.2) is 0 Å². The fourth-order valence-electron chi connectivity index (χ4n) is 1.67. The third kappa shape index (κ3) is 6.80. The minimum atomic E-state index is -0.714. The molecule has 0 radical (unpaired) electrons. The van der Waals surface area contributed by atoms with Gasteiger partial charge in [-0.05, 0) is 18.8 Å². The van der Waals surface area contributed by atoms with Gasteiger partial charge in [0.2, 0.25) is 0 Å². The Hall–Kier alpha value is -0.610. The van der Waals surface area contributed by atoms with Crippen LogP contribution in [0, 0.1) is 11.8 Å². The molecule has 0 saturated carbocycles. The van der Waals surface area contributed by atoms with Crippen molar-refractivity contribution in [2.45, 2.75) is 39.7 Å². The Kier molecular flexibility index (Phi) is 8.21. The average Bonchev–Trinajstić information content (AvgIpc) is 2.21. The molecular formula is C12H25NO3. The molecular weight excluding hydrogens is 206 g/mol. The summed E-state index contributed by atoms with van der Waals surface area (Å²) in [4.78, 5) is 11.0.